The van der Waals surface area contributed by atoms with E-state index in [1.807, 2.05) is 0 Å². The lowest BCUT2D eigenvalue weighted by Gasteiger charge is -2.54. The molecule has 0 saturated carbocycles. The van der Waals surface area contributed by atoms with E-state index in [0.29, 0.717) is 23.6 Å². The van der Waals surface area contributed by atoms with Gasteiger partial charge in [-0.2, -0.15) is 0 Å². The van der Waals surface area contributed by atoms with Crippen molar-refractivity contribution >= 4 is 0 Å². The first-order valence-electron chi connectivity index (χ1n) is 13.3. The molecule has 2 aliphatic rings. The Labute approximate surface area is 201 Å². The topological polar surface area (TPSA) is 35.9 Å². The Hall–Kier alpha value is -0.160. The molecular formula is C28H58N2O2. The molecule has 0 amide bonds. The summed E-state index contributed by atoms with van der Waals surface area (Å²) in [6, 6.07) is 0. The summed E-state index contributed by atoms with van der Waals surface area (Å²) in [6.07, 6.45) is 9.68. The van der Waals surface area contributed by atoms with E-state index in [0.717, 1.165) is 32.0 Å². The van der Waals surface area contributed by atoms with E-state index in [1.54, 1.807) is 0 Å². The summed E-state index contributed by atoms with van der Waals surface area (Å²) in [5, 5.41) is 9.01. The van der Waals surface area contributed by atoms with Crippen LogP contribution in [0, 0.1) is 11.8 Å². The second kappa shape index (κ2) is 12.0. The number of aliphatic hydroxyl groups excluding tert-OH is 1. The van der Waals surface area contributed by atoms with E-state index in [9.17, 15) is 0 Å². The molecule has 2 saturated heterocycles. The number of aliphatic hydroxyl groups is 1. The number of piperidine rings is 2. The summed E-state index contributed by atoms with van der Waals surface area (Å²) in [5.41, 5.74) is 1.19. The van der Waals surface area contributed by atoms with Gasteiger partial charge >= 0.3 is 0 Å². The van der Waals surface area contributed by atoms with Crippen molar-refractivity contribution in [2.75, 3.05) is 33.9 Å². The van der Waals surface area contributed by atoms with Crippen LogP contribution in [-0.4, -0.2) is 71.0 Å². The third-order valence-corrected chi connectivity index (χ3v) is 8.57. The largest absolute Gasteiger partial charge is 0.396 e. The van der Waals surface area contributed by atoms with Crippen LogP contribution in [0.4, 0.5) is 0 Å². The van der Waals surface area contributed by atoms with Crippen LogP contribution in [-0.2, 0) is 4.74 Å². The summed E-state index contributed by atoms with van der Waals surface area (Å²) >= 11 is 0. The highest BCUT2D eigenvalue weighted by atomic mass is 16.5. The van der Waals surface area contributed by atoms with Gasteiger partial charge in [0.25, 0.3) is 0 Å². The van der Waals surface area contributed by atoms with Gasteiger partial charge in [0.2, 0.25) is 0 Å². The van der Waals surface area contributed by atoms with E-state index in [1.165, 1.54) is 38.5 Å². The third-order valence-electron chi connectivity index (χ3n) is 8.57. The van der Waals surface area contributed by atoms with Crippen LogP contribution >= 0.6 is 0 Å². The molecule has 4 nitrogen and oxygen atoms in total. The Balaban J connectivity index is 0.000000330. The molecule has 192 valence electrons. The SMILES string of the molecule is CCCOCCCC1CC(C)(C)N(C)C(C)(C)C1.CN1C(C)(C)CC(CCO)CC1(C)C. The van der Waals surface area contributed by atoms with Gasteiger partial charge in [0.05, 0.1) is 0 Å². The van der Waals surface area contributed by atoms with Crippen LogP contribution in [0.2, 0.25) is 0 Å². The monoisotopic (exact) mass is 454 g/mol. The minimum absolute atomic E-state index is 0.265. The van der Waals surface area contributed by atoms with E-state index in [4.69, 9.17) is 9.84 Å². The van der Waals surface area contributed by atoms with Gasteiger partial charge in [-0.3, -0.25) is 9.80 Å². The molecule has 0 unspecified atom stereocenters. The lowest BCUT2D eigenvalue weighted by Crippen LogP contribution is -2.58. The highest BCUT2D eigenvalue weighted by molar-refractivity contribution is 4.99. The summed E-state index contributed by atoms with van der Waals surface area (Å²) in [6.45, 7) is 23.1. The molecule has 32 heavy (non-hydrogen) atoms. The third kappa shape index (κ3) is 8.56. The van der Waals surface area contributed by atoms with Crippen molar-refractivity contribution in [2.45, 2.75) is 136 Å². The zero-order valence-corrected chi connectivity index (χ0v) is 23.7. The fourth-order valence-electron chi connectivity index (χ4n) is 6.47. The Morgan fingerprint density at radius 2 is 1.06 bits per heavy atom. The first-order chi connectivity index (χ1) is 14.6. The van der Waals surface area contributed by atoms with Crippen molar-refractivity contribution in [2.24, 2.45) is 11.8 Å². The maximum Gasteiger partial charge on any atom is 0.0466 e. The number of hydrogen-bond acceptors (Lipinski definition) is 4. The minimum atomic E-state index is 0.265. The van der Waals surface area contributed by atoms with Crippen LogP contribution in [0.3, 0.4) is 0 Å². The summed E-state index contributed by atoms with van der Waals surface area (Å²) < 4.78 is 5.59. The Bertz CT molecular complexity index is 506. The average Bonchev–Trinajstić information content (AvgIpc) is 2.64. The summed E-state index contributed by atoms with van der Waals surface area (Å²) in [4.78, 5) is 5.04. The second-order valence-electron chi connectivity index (χ2n) is 13.2. The smallest absolute Gasteiger partial charge is 0.0466 e. The maximum absolute atomic E-state index is 9.01. The number of nitrogens with zero attached hydrogens (tertiary/aromatic N) is 2. The fourth-order valence-corrected chi connectivity index (χ4v) is 6.47. The molecule has 1 N–H and O–H groups in total. The number of hydrogen-bond donors (Lipinski definition) is 1. The highest BCUT2D eigenvalue weighted by Crippen LogP contribution is 2.42. The maximum atomic E-state index is 9.01. The van der Waals surface area contributed by atoms with Crippen LogP contribution in [0.5, 0.6) is 0 Å². The van der Waals surface area contributed by atoms with Gasteiger partial charge in [-0.25, -0.2) is 0 Å². The lowest BCUT2D eigenvalue weighted by molar-refractivity contribution is -0.0345. The molecule has 0 bridgehead atoms. The lowest BCUT2D eigenvalue weighted by atomic mass is 9.72. The molecule has 4 heteroatoms. The van der Waals surface area contributed by atoms with Gasteiger partial charge in [-0.1, -0.05) is 6.92 Å². The zero-order valence-electron chi connectivity index (χ0n) is 23.7. The van der Waals surface area contributed by atoms with Crippen molar-refractivity contribution in [3.8, 4) is 0 Å². The average molecular weight is 455 g/mol. The van der Waals surface area contributed by atoms with Gasteiger partial charge < -0.3 is 9.84 Å². The first kappa shape index (κ1) is 29.9. The van der Waals surface area contributed by atoms with Gasteiger partial charge in [0, 0.05) is 42.0 Å². The van der Waals surface area contributed by atoms with Crippen LogP contribution < -0.4 is 0 Å². The van der Waals surface area contributed by atoms with Crippen molar-refractivity contribution in [3.05, 3.63) is 0 Å². The normalized spacial score (nSPS) is 25.9. The van der Waals surface area contributed by atoms with Gasteiger partial charge in [0.1, 0.15) is 0 Å². The van der Waals surface area contributed by atoms with Crippen LogP contribution in [0.25, 0.3) is 0 Å². The highest BCUT2D eigenvalue weighted by Gasteiger charge is 2.43. The minimum Gasteiger partial charge on any atom is -0.396 e. The first-order valence-corrected chi connectivity index (χ1v) is 13.3. The van der Waals surface area contributed by atoms with E-state index < -0.39 is 0 Å². The molecule has 0 spiro atoms. The van der Waals surface area contributed by atoms with Gasteiger partial charge in [0.15, 0.2) is 0 Å². The summed E-state index contributed by atoms with van der Waals surface area (Å²) in [7, 11) is 4.50. The van der Waals surface area contributed by atoms with Crippen molar-refractivity contribution in [1.29, 1.82) is 0 Å². The number of rotatable bonds is 8. The van der Waals surface area contributed by atoms with Gasteiger partial charge in [-0.05, 0) is 133 Å². The standard InChI is InChI=1S/C16H33NO.C12H25NO/c1-7-10-18-11-8-9-14-12-15(2,3)17(6)16(4,5)13-14;1-11(2)8-10(6-7-14)9-12(3,4)13(11)5/h14H,7-13H2,1-6H3;10,14H,6-9H2,1-5H3. The molecule has 0 aromatic rings. The predicted octanol–water partition coefficient (Wildman–Crippen LogP) is 6.36. The van der Waals surface area contributed by atoms with Crippen molar-refractivity contribution in [1.82, 2.24) is 9.80 Å². The molecular weight excluding hydrogens is 396 g/mol. The molecule has 2 aliphatic heterocycles. The zero-order chi connectivity index (χ0) is 24.8. The molecule has 0 atom stereocenters. The Morgan fingerprint density at radius 1 is 0.688 bits per heavy atom. The second-order valence-corrected chi connectivity index (χ2v) is 13.2. The van der Waals surface area contributed by atoms with Crippen molar-refractivity contribution < 1.29 is 9.84 Å². The van der Waals surface area contributed by atoms with E-state index in [-0.39, 0.29) is 11.1 Å². The van der Waals surface area contributed by atoms with E-state index >= 15 is 0 Å². The molecule has 0 radical (unpaired) electrons. The van der Waals surface area contributed by atoms with Gasteiger partial charge in [-0.15, -0.1) is 0 Å². The number of ether oxygens (including phenoxy) is 1. The Kier molecular flexibility index (Phi) is 11.2. The number of likely N-dealkylation sites (tertiary alicyclic amines) is 2. The molecule has 2 fully saturated rings. The quantitative estimate of drug-likeness (QED) is 0.433. The Morgan fingerprint density at radius 3 is 1.41 bits per heavy atom. The predicted molar refractivity (Wildman–Crippen MR) is 139 cm³/mol. The fraction of sp³-hybridized carbons (Fsp3) is 1.00. The molecule has 2 heterocycles. The summed E-state index contributed by atoms with van der Waals surface area (Å²) in [5.74, 6) is 1.54. The molecule has 0 aliphatic carbocycles. The van der Waals surface area contributed by atoms with Crippen molar-refractivity contribution in [3.63, 3.8) is 0 Å². The van der Waals surface area contributed by atoms with Crippen LogP contribution in [0.1, 0.15) is 114 Å². The van der Waals surface area contributed by atoms with Crippen LogP contribution in [0.15, 0.2) is 0 Å². The molecule has 0 aromatic heterocycles. The molecule has 0 aromatic carbocycles. The molecule has 2 rings (SSSR count). The van der Waals surface area contributed by atoms with E-state index in [2.05, 4.69) is 86.2 Å².